The lowest BCUT2D eigenvalue weighted by Crippen LogP contribution is -2.32. The normalized spacial score (nSPS) is 17.3. The number of amides is 1. The molecule has 1 aromatic heterocycles. The van der Waals surface area contributed by atoms with Crippen LogP contribution in [-0.4, -0.2) is 35.4 Å². The van der Waals surface area contributed by atoms with Crippen molar-refractivity contribution in [3.05, 3.63) is 41.7 Å². The van der Waals surface area contributed by atoms with E-state index in [1.165, 1.54) is 0 Å². The van der Waals surface area contributed by atoms with Crippen molar-refractivity contribution >= 4 is 11.6 Å². The lowest BCUT2D eigenvalue weighted by atomic mass is 10.1. The standard InChI is InChI=1S/C19H26N4O2/c1-3-11-25-16-6-7-17(14(2)12-16)21-19(24)18-8-10-23(22-18)15-5-4-9-20-13-15/h6-8,10,12,15,20H,3-5,9,11,13H2,1-2H3,(H,21,24). The number of hydrogen-bond acceptors (Lipinski definition) is 4. The van der Waals surface area contributed by atoms with Gasteiger partial charge in [-0.2, -0.15) is 5.10 Å². The van der Waals surface area contributed by atoms with Gasteiger partial charge in [0, 0.05) is 18.4 Å². The highest BCUT2D eigenvalue weighted by Gasteiger charge is 2.18. The van der Waals surface area contributed by atoms with Crippen LogP contribution in [-0.2, 0) is 0 Å². The molecule has 25 heavy (non-hydrogen) atoms. The molecule has 0 spiro atoms. The first kappa shape index (κ1) is 17.5. The zero-order valence-corrected chi connectivity index (χ0v) is 14.9. The van der Waals surface area contributed by atoms with Crippen LogP contribution in [0.2, 0.25) is 0 Å². The van der Waals surface area contributed by atoms with Crippen molar-refractivity contribution in [1.82, 2.24) is 15.1 Å². The number of aromatic nitrogens is 2. The van der Waals surface area contributed by atoms with Crippen LogP contribution in [0.5, 0.6) is 5.75 Å². The largest absolute Gasteiger partial charge is 0.494 e. The summed E-state index contributed by atoms with van der Waals surface area (Å²) in [5.41, 5.74) is 2.19. The van der Waals surface area contributed by atoms with Crippen LogP contribution in [0.1, 0.15) is 48.3 Å². The van der Waals surface area contributed by atoms with Crippen molar-refractivity contribution < 1.29 is 9.53 Å². The number of aryl methyl sites for hydroxylation is 1. The van der Waals surface area contributed by atoms with Crippen molar-refractivity contribution in [2.75, 3.05) is 25.0 Å². The van der Waals surface area contributed by atoms with Gasteiger partial charge in [0.25, 0.3) is 5.91 Å². The van der Waals surface area contributed by atoms with Crippen molar-refractivity contribution in [2.45, 2.75) is 39.2 Å². The van der Waals surface area contributed by atoms with E-state index in [0.717, 1.165) is 49.4 Å². The van der Waals surface area contributed by atoms with Crippen LogP contribution in [0, 0.1) is 6.92 Å². The molecule has 2 N–H and O–H groups in total. The first-order chi connectivity index (χ1) is 12.2. The van der Waals surface area contributed by atoms with E-state index in [1.807, 2.05) is 36.0 Å². The number of benzene rings is 1. The Balaban J connectivity index is 1.65. The van der Waals surface area contributed by atoms with Crippen LogP contribution in [0.3, 0.4) is 0 Å². The summed E-state index contributed by atoms with van der Waals surface area (Å²) >= 11 is 0. The molecule has 1 saturated heterocycles. The molecule has 6 nitrogen and oxygen atoms in total. The number of nitrogens with zero attached hydrogens (tertiary/aromatic N) is 2. The molecule has 1 fully saturated rings. The molecule has 0 aliphatic carbocycles. The second-order valence-electron chi connectivity index (χ2n) is 6.46. The van der Waals surface area contributed by atoms with Crippen LogP contribution in [0.25, 0.3) is 0 Å². The number of hydrogen-bond donors (Lipinski definition) is 2. The van der Waals surface area contributed by atoms with Crippen molar-refractivity contribution in [3.8, 4) is 5.75 Å². The fraction of sp³-hybridized carbons (Fsp3) is 0.474. The molecular formula is C19H26N4O2. The van der Waals surface area contributed by atoms with E-state index in [1.54, 1.807) is 6.07 Å². The molecule has 2 heterocycles. The Kier molecular flexibility index (Phi) is 5.71. The lowest BCUT2D eigenvalue weighted by molar-refractivity contribution is 0.102. The molecule has 1 aliphatic rings. The summed E-state index contributed by atoms with van der Waals surface area (Å²) < 4.78 is 7.52. The topological polar surface area (TPSA) is 68.2 Å². The number of nitrogens with one attached hydrogen (secondary N) is 2. The third-order valence-electron chi connectivity index (χ3n) is 4.40. The minimum absolute atomic E-state index is 0.187. The first-order valence-electron chi connectivity index (χ1n) is 8.98. The average molecular weight is 342 g/mol. The van der Waals surface area contributed by atoms with E-state index in [2.05, 4.69) is 22.7 Å². The number of carbonyl (C=O) groups is 1. The number of anilines is 1. The maximum absolute atomic E-state index is 12.5. The summed E-state index contributed by atoms with van der Waals surface area (Å²) in [4.78, 5) is 12.5. The van der Waals surface area contributed by atoms with Crippen molar-refractivity contribution in [3.63, 3.8) is 0 Å². The van der Waals surface area contributed by atoms with Gasteiger partial charge in [0.05, 0.1) is 12.6 Å². The minimum Gasteiger partial charge on any atom is -0.494 e. The van der Waals surface area contributed by atoms with E-state index in [-0.39, 0.29) is 5.91 Å². The van der Waals surface area contributed by atoms with Gasteiger partial charge in [-0.1, -0.05) is 6.92 Å². The Morgan fingerprint density at radius 1 is 1.44 bits per heavy atom. The zero-order chi connectivity index (χ0) is 17.6. The summed E-state index contributed by atoms with van der Waals surface area (Å²) in [5, 5.41) is 10.8. The number of ether oxygens (including phenoxy) is 1. The van der Waals surface area contributed by atoms with Crippen LogP contribution in [0.15, 0.2) is 30.5 Å². The Labute approximate surface area is 148 Å². The molecule has 1 aromatic carbocycles. The molecule has 6 heteroatoms. The van der Waals surface area contributed by atoms with Gasteiger partial charge >= 0.3 is 0 Å². The van der Waals surface area contributed by atoms with E-state index in [4.69, 9.17) is 4.74 Å². The van der Waals surface area contributed by atoms with E-state index in [0.29, 0.717) is 18.3 Å². The predicted octanol–water partition coefficient (Wildman–Crippen LogP) is 3.16. The van der Waals surface area contributed by atoms with Crippen LogP contribution < -0.4 is 15.4 Å². The summed E-state index contributed by atoms with van der Waals surface area (Å²) in [6.07, 6.45) is 5.09. The molecule has 0 radical (unpaired) electrons. The monoisotopic (exact) mass is 342 g/mol. The lowest BCUT2D eigenvalue weighted by Gasteiger charge is -2.22. The molecule has 2 aromatic rings. The van der Waals surface area contributed by atoms with Crippen molar-refractivity contribution in [2.24, 2.45) is 0 Å². The third-order valence-corrected chi connectivity index (χ3v) is 4.40. The highest BCUT2D eigenvalue weighted by molar-refractivity contribution is 6.03. The predicted molar refractivity (Wildman–Crippen MR) is 98.3 cm³/mol. The molecule has 134 valence electrons. The van der Waals surface area contributed by atoms with Crippen LogP contribution in [0.4, 0.5) is 5.69 Å². The Hall–Kier alpha value is -2.34. The van der Waals surface area contributed by atoms with Gasteiger partial charge < -0.3 is 15.4 Å². The molecule has 1 unspecified atom stereocenters. The summed E-state index contributed by atoms with van der Waals surface area (Å²) in [6.45, 7) is 6.69. The molecule has 0 bridgehead atoms. The zero-order valence-electron chi connectivity index (χ0n) is 14.9. The average Bonchev–Trinajstić information content (AvgIpc) is 3.13. The van der Waals surface area contributed by atoms with Gasteiger partial charge in [-0.15, -0.1) is 0 Å². The van der Waals surface area contributed by atoms with Gasteiger partial charge in [-0.3, -0.25) is 9.48 Å². The summed E-state index contributed by atoms with van der Waals surface area (Å²) in [6, 6.07) is 7.80. The second kappa shape index (κ2) is 8.16. The molecule has 1 amide bonds. The third kappa shape index (κ3) is 4.39. The Morgan fingerprint density at radius 2 is 2.32 bits per heavy atom. The Morgan fingerprint density at radius 3 is 3.04 bits per heavy atom. The van der Waals surface area contributed by atoms with Gasteiger partial charge in [0.2, 0.25) is 0 Å². The number of carbonyl (C=O) groups excluding carboxylic acids is 1. The molecular weight excluding hydrogens is 316 g/mol. The molecule has 1 atom stereocenters. The first-order valence-corrected chi connectivity index (χ1v) is 8.98. The van der Waals surface area contributed by atoms with Gasteiger partial charge in [-0.25, -0.2) is 0 Å². The smallest absolute Gasteiger partial charge is 0.276 e. The minimum atomic E-state index is -0.187. The SMILES string of the molecule is CCCOc1ccc(NC(=O)c2ccn(C3CCCNC3)n2)c(C)c1. The van der Waals surface area contributed by atoms with E-state index in [9.17, 15) is 4.79 Å². The number of rotatable bonds is 6. The molecule has 0 saturated carbocycles. The maximum Gasteiger partial charge on any atom is 0.276 e. The van der Waals surface area contributed by atoms with Gasteiger partial charge in [0.15, 0.2) is 5.69 Å². The maximum atomic E-state index is 12.5. The molecule has 1 aliphatic heterocycles. The van der Waals surface area contributed by atoms with E-state index < -0.39 is 0 Å². The highest BCUT2D eigenvalue weighted by atomic mass is 16.5. The van der Waals surface area contributed by atoms with Gasteiger partial charge in [-0.05, 0) is 62.6 Å². The molecule has 3 rings (SSSR count). The fourth-order valence-corrected chi connectivity index (χ4v) is 2.99. The second-order valence-corrected chi connectivity index (χ2v) is 6.46. The van der Waals surface area contributed by atoms with Crippen LogP contribution >= 0.6 is 0 Å². The van der Waals surface area contributed by atoms with Crippen molar-refractivity contribution in [1.29, 1.82) is 0 Å². The highest BCUT2D eigenvalue weighted by Crippen LogP contribution is 2.22. The van der Waals surface area contributed by atoms with Gasteiger partial charge in [0.1, 0.15) is 5.75 Å². The summed E-state index contributed by atoms with van der Waals surface area (Å²) in [5.74, 6) is 0.638. The quantitative estimate of drug-likeness (QED) is 0.846. The fourth-order valence-electron chi connectivity index (χ4n) is 2.99. The number of piperidine rings is 1. The Bertz CT molecular complexity index is 720. The van der Waals surface area contributed by atoms with E-state index >= 15 is 0 Å². The summed E-state index contributed by atoms with van der Waals surface area (Å²) in [7, 11) is 0.